The van der Waals surface area contributed by atoms with Crippen LogP contribution in [0.25, 0.3) is 6.08 Å². The second kappa shape index (κ2) is 6.39. The van der Waals surface area contributed by atoms with Crippen LogP contribution in [0.2, 0.25) is 0 Å². The summed E-state index contributed by atoms with van der Waals surface area (Å²) < 4.78 is 26.4. The number of carbonyl (C=O) groups is 1. The number of allylic oxidation sites excluding steroid dienone is 1. The molecule has 0 bridgehead atoms. The Kier molecular flexibility index (Phi) is 5.15. The van der Waals surface area contributed by atoms with E-state index in [4.69, 9.17) is 5.73 Å². The molecule has 0 unspecified atom stereocenters. The van der Waals surface area contributed by atoms with Crippen molar-refractivity contribution in [3.8, 4) is 0 Å². The van der Waals surface area contributed by atoms with Gasteiger partial charge in [0.2, 0.25) is 0 Å². The molecule has 0 heterocycles. The molecule has 0 aromatic heterocycles. The number of carbonyl (C=O) groups excluding carboxylic acids is 1. The Hall–Kier alpha value is -1.36. The number of halogens is 2. The number of nitrogen functional groups attached to an aromatic ring is 1. The zero-order valence-electron chi connectivity index (χ0n) is 9.37. The highest BCUT2D eigenvalue weighted by molar-refractivity contribution is 8.13. The van der Waals surface area contributed by atoms with Crippen molar-refractivity contribution >= 4 is 28.6 Å². The van der Waals surface area contributed by atoms with Crippen molar-refractivity contribution in [3.63, 3.8) is 0 Å². The second-order valence-corrected chi connectivity index (χ2v) is 4.67. The van der Waals surface area contributed by atoms with Crippen molar-refractivity contribution in [2.24, 2.45) is 0 Å². The van der Waals surface area contributed by atoms with Gasteiger partial charge in [0.15, 0.2) is 16.7 Å². The van der Waals surface area contributed by atoms with E-state index in [0.29, 0.717) is 12.2 Å². The molecule has 1 aromatic rings. The van der Waals surface area contributed by atoms with E-state index in [-0.39, 0.29) is 16.4 Å². The quantitative estimate of drug-likeness (QED) is 0.665. The lowest BCUT2D eigenvalue weighted by atomic mass is 10.1. The predicted octanol–water partition coefficient (Wildman–Crippen LogP) is 3.23. The van der Waals surface area contributed by atoms with E-state index < -0.39 is 11.6 Å². The Bertz CT molecular complexity index is 446. The summed E-state index contributed by atoms with van der Waals surface area (Å²) in [6.07, 6.45) is 3.80. The van der Waals surface area contributed by atoms with E-state index in [0.717, 1.165) is 0 Å². The third-order valence-electron chi connectivity index (χ3n) is 2.03. The predicted molar refractivity (Wildman–Crippen MR) is 67.6 cm³/mol. The highest BCUT2D eigenvalue weighted by Crippen LogP contribution is 2.19. The van der Waals surface area contributed by atoms with Gasteiger partial charge in [0.25, 0.3) is 0 Å². The van der Waals surface area contributed by atoms with Gasteiger partial charge in [-0.1, -0.05) is 23.9 Å². The Labute approximate surface area is 103 Å². The molecule has 0 aliphatic carbocycles. The Balaban J connectivity index is 2.60. The van der Waals surface area contributed by atoms with Crippen LogP contribution < -0.4 is 5.73 Å². The first-order valence-electron chi connectivity index (χ1n) is 5.05. The maximum Gasteiger partial charge on any atom is 0.185 e. The summed E-state index contributed by atoms with van der Waals surface area (Å²) in [6.45, 7) is 1.49. The molecular formula is C12H13F2NOS. The minimum Gasteiger partial charge on any atom is -0.396 e. The van der Waals surface area contributed by atoms with Gasteiger partial charge < -0.3 is 5.73 Å². The van der Waals surface area contributed by atoms with E-state index in [1.165, 1.54) is 36.9 Å². The van der Waals surface area contributed by atoms with Gasteiger partial charge in [0.1, 0.15) is 0 Å². The van der Waals surface area contributed by atoms with E-state index in [1.807, 2.05) is 0 Å². The lowest BCUT2D eigenvalue weighted by Crippen LogP contribution is -1.96. The highest BCUT2D eigenvalue weighted by Gasteiger charge is 2.08. The van der Waals surface area contributed by atoms with Gasteiger partial charge in [-0.05, 0) is 18.6 Å². The second-order valence-electron chi connectivity index (χ2n) is 3.40. The number of hydrogen-bond donors (Lipinski definition) is 1. The number of rotatable bonds is 4. The maximum atomic E-state index is 13.3. The summed E-state index contributed by atoms with van der Waals surface area (Å²) in [6, 6.07) is 2.74. The minimum atomic E-state index is -1.02. The number of anilines is 1. The fraction of sp³-hybridized carbons (Fsp3) is 0.250. The lowest BCUT2D eigenvalue weighted by Gasteiger charge is -2.01. The molecule has 5 heteroatoms. The highest BCUT2D eigenvalue weighted by atomic mass is 32.2. The summed E-state index contributed by atoms with van der Waals surface area (Å²) in [5, 5.41) is 0.0445. The standard InChI is InChI=1S/C12H13F2NOS/c1-8(16)17-7-3-2-4-9-5-6-10(15)12(14)11(9)13/h2,4-6H,3,7,15H2,1H3. The molecule has 1 aromatic carbocycles. The first kappa shape index (κ1) is 13.7. The fourth-order valence-electron chi connectivity index (χ4n) is 1.19. The van der Waals surface area contributed by atoms with E-state index in [9.17, 15) is 13.6 Å². The number of nitrogens with two attached hydrogens (primary N) is 1. The van der Waals surface area contributed by atoms with E-state index >= 15 is 0 Å². The molecule has 0 saturated carbocycles. The van der Waals surface area contributed by atoms with Crippen molar-refractivity contribution in [3.05, 3.63) is 35.4 Å². The average molecular weight is 257 g/mol. The topological polar surface area (TPSA) is 43.1 Å². The van der Waals surface area contributed by atoms with E-state index in [1.54, 1.807) is 6.08 Å². The maximum absolute atomic E-state index is 13.3. The average Bonchev–Trinajstić information content (AvgIpc) is 2.28. The van der Waals surface area contributed by atoms with Crippen LogP contribution in [-0.2, 0) is 4.79 Å². The van der Waals surface area contributed by atoms with Crippen molar-refractivity contribution in [2.75, 3.05) is 11.5 Å². The Morgan fingerprint density at radius 2 is 2.12 bits per heavy atom. The van der Waals surface area contributed by atoms with Crippen LogP contribution in [-0.4, -0.2) is 10.9 Å². The van der Waals surface area contributed by atoms with Crippen LogP contribution in [0.1, 0.15) is 18.9 Å². The third kappa shape index (κ3) is 4.19. The SMILES string of the molecule is CC(=O)SCCC=Cc1ccc(N)c(F)c1F. The molecule has 0 spiro atoms. The van der Waals surface area contributed by atoms with Crippen LogP contribution in [0.5, 0.6) is 0 Å². The van der Waals surface area contributed by atoms with Gasteiger partial charge in [-0.15, -0.1) is 0 Å². The normalized spacial score (nSPS) is 11.0. The molecule has 92 valence electrons. The largest absolute Gasteiger partial charge is 0.396 e. The van der Waals surface area contributed by atoms with Crippen LogP contribution in [0.15, 0.2) is 18.2 Å². The molecule has 0 fully saturated rings. The molecule has 2 nitrogen and oxygen atoms in total. The number of thioether (sulfide) groups is 1. The van der Waals surface area contributed by atoms with Gasteiger partial charge in [0, 0.05) is 18.2 Å². The molecular weight excluding hydrogens is 244 g/mol. The summed E-state index contributed by atoms with van der Waals surface area (Å²) in [4.78, 5) is 10.6. The molecule has 0 amide bonds. The Morgan fingerprint density at radius 3 is 2.76 bits per heavy atom. The number of hydrogen-bond acceptors (Lipinski definition) is 3. The fourth-order valence-corrected chi connectivity index (χ4v) is 1.73. The molecule has 0 aliphatic heterocycles. The van der Waals surface area contributed by atoms with Crippen molar-refractivity contribution in [1.82, 2.24) is 0 Å². The first-order valence-corrected chi connectivity index (χ1v) is 6.04. The van der Waals surface area contributed by atoms with Gasteiger partial charge in [-0.25, -0.2) is 8.78 Å². The molecule has 1 rings (SSSR count). The lowest BCUT2D eigenvalue weighted by molar-refractivity contribution is -0.109. The molecule has 0 radical (unpaired) electrons. The van der Waals surface area contributed by atoms with Gasteiger partial charge in [-0.2, -0.15) is 0 Å². The Morgan fingerprint density at radius 1 is 1.41 bits per heavy atom. The summed E-state index contributed by atoms with van der Waals surface area (Å²) in [5.41, 5.74) is 5.17. The van der Waals surface area contributed by atoms with E-state index in [2.05, 4.69) is 0 Å². The van der Waals surface area contributed by atoms with Gasteiger partial charge in [0.05, 0.1) is 5.69 Å². The number of benzene rings is 1. The summed E-state index contributed by atoms with van der Waals surface area (Å²) in [5.74, 6) is -1.34. The molecule has 17 heavy (non-hydrogen) atoms. The molecule has 0 aliphatic rings. The monoisotopic (exact) mass is 257 g/mol. The van der Waals surface area contributed by atoms with Crippen LogP contribution in [0.3, 0.4) is 0 Å². The van der Waals surface area contributed by atoms with Crippen molar-refractivity contribution < 1.29 is 13.6 Å². The zero-order chi connectivity index (χ0) is 12.8. The third-order valence-corrected chi connectivity index (χ3v) is 2.88. The van der Waals surface area contributed by atoms with Crippen LogP contribution in [0, 0.1) is 11.6 Å². The smallest absolute Gasteiger partial charge is 0.185 e. The minimum absolute atomic E-state index is 0.0445. The van der Waals surface area contributed by atoms with Crippen molar-refractivity contribution in [2.45, 2.75) is 13.3 Å². The summed E-state index contributed by atoms with van der Waals surface area (Å²) >= 11 is 1.20. The van der Waals surface area contributed by atoms with Gasteiger partial charge in [-0.3, -0.25) is 4.79 Å². The van der Waals surface area contributed by atoms with Crippen LogP contribution in [0.4, 0.5) is 14.5 Å². The van der Waals surface area contributed by atoms with Gasteiger partial charge >= 0.3 is 0 Å². The van der Waals surface area contributed by atoms with Crippen molar-refractivity contribution in [1.29, 1.82) is 0 Å². The molecule has 2 N–H and O–H groups in total. The molecule has 0 atom stereocenters. The first-order chi connectivity index (χ1) is 8.02. The zero-order valence-corrected chi connectivity index (χ0v) is 10.2. The summed E-state index contributed by atoms with van der Waals surface area (Å²) in [7, 11) is 0. The van der Waals surface area contributed by atoms with Crippen LogP contribution >= 0.6 is 11.8 Å². The molecule has 0 saturated heterocycles.